The largest absolute Gasteiger partial charge is 0.240 e. The molecule has 1 aliphatic carbocycles. The van der Waals surface area contributed by atoms with Crippen LogP contribution in [0.5, 0.6) is 0 Å². The quantitative estimate of drug-likeness (QED) is 0.926. The van der Waals surface area contributed by atoms with Crippen molar-refractivity contribution in [1.82, 2.24) is 4.72 Å². The molecule has 0 atom stereocenters. The molecule has 0 aromatic heterocycles. The van der Waals surface area contributed by atoms with Gasteiger partial charge in [-0.2, -0.15) is 5.26 Å². The van der Waals surface area contributed by atoms with E-state index in [9.17, 15) is 8.42 Å². The molecule has 1 aromatic carbocycles. The number of nitriles is 1. The molecule has 1 aliphatic rings. The lowest BCUT2D eigenvalue weighted by Crippen LogP contribution is -2.29. The molecule has 0 unspecified atom stereocenters. The summed E-state index contributed by atoms with van der Waals surface area (Å²) in [6.45, 7) is 8.26. The van der Waals surface area contributed by atoms with Crippen molar-refractivity contribution in [2.75, 3.05) is 0 Å². The van der Waals surface area contributed by atoms with Crippen LogP contribution in [0, 0.1) is 22.2 Å². The normalized spacial score (nSPS) is 20.4. The second kappa shape index (κ2) is 4.57. The van der Waals surface area contributed by atoms with Gasteiger partial charge in [-0.15, -0.1) is 0 Å². The van der Waals surface area contributed by atoms with Gasteiger partial charge in [-0.3, -0.25) is 0 Å². The maximum Gasteiger partial charge on any atom is 0.240 e. The van der Waals surface area contributed by atoms with Crippen LogP contribution in [0.2, 0.25) is 0 Å². The molecule has 2 rings (SSSR count). The highest BCUT2D eigenvalue weighted by molar-refractivity contribution is 7.89. The second-order valence-corrected chi connectivity index (χ2v) is 8.19. The van der Waals surface area contributed by atoms with E-state index in [1.807, 2.05) is 6.07 Å². The minimum Gasteiger partial charge on any atom is -0.207 e. The fourth-order valence-electron chi connectivity index (χ4n) is 2.59. The number of rotatable bonds is 4. The van der Waals surface area contributed by atoms with Crippen molar-refractivity contribution in [3.8, 4) is 6.07 Å². The first kappa shape index (κ1) is 15.0. The Balaban J connectivity index is 2.18. The molecular formula is C15H20N2O2S. The molecule has 1 saturated carbocycles. The van der Waals surface area contributed by atoms with Crippen LogP contribution in [0.1, 0.15) is 33.3 Å². The van der Waals surface area contributed by atoms with E-state index in [-0.39, 0.29) is 28.2 Å². The molecule has 5 heteroatoms. The zero-order chi connectivity index (χ0) is 15.2. The summed E-state index contributed by atoms with van der Waals surface area (Å²) in [6, 6.07) is 8.45. The number of nitrogens with zero attached hydrogens (tertiary/aromatic N) is 1. The number of benzene rings is 1. The van der Waals surface area contributed by atoms with Crippen molar-refractivity contribution in [2.45, 2.75) is 45.1 Å². The molecule has 108 valence electrons. The number of hydrogen-bond acceptors (Lipinski definition) is 3. The van der Waals surface area contributed by atoms with Gasteiger partial charge in [0.1, 0.15) is 0 Å². The summed E-state index contributed by atoms with van der Waals surface area (Å²) >= 11 is 0. The summed E-state index contributed by atoms with van der Waals surface area (Å²) in [7, 11) is -3.50. The van der Waals surface area contributed by atoms with E-state index >= 15 is 0 Å². The summed E-state index contributed by atoms with van der Waals surface area (Å²) in [6.07, 6.45) is 0.288. The summed E-state index contributed by atoms with van der Waals surface area (Å²) in [4.78, 5) is 0.248. The number of hydrogen-bond donors (Lipinski definition) is 1. The topological polar surface area (TPSA) is 70.0 Å². The number of sulfonamides is 1. The third-order valence-corrected chi connectivity index (χ3v) is 6.25. The van der Waals surface area contributed by atoms with Gasteiger partial charge in [0.2, 0.25) is 10.0 Å². The van der Waals surface area contributed by atoms with Crippen LogP contribution in [0.4, 0.5) is 0 Å². The van der Waals surface area contributed by atoms with Crippen LogP contribution in [0.3, 0.4) is 0 Å². The third-order valence-electron chi connectivity index (χ3n) is 4.81. The molecule has 0 radical (unpaired) electrons. The van der Waals surface area contributed by atoms with Gasteiger partial charge in [0.05, 0.1) is 17.4 Å². The Morgan fingerprint density at radius 1 is 1.15 bits per heavy atom. The van der Waals surface area contributed by atoms with Crippen molar-refractivity contribution in [3.05, 3.63) is 29.8 Å². The highest BCUT2D eigenvalue weighted by atomic mass is 32.2. The predicted octanol–water partition coefficient (Wildman–Crippen LogP) is 2.47. The lowest BCUT2D eigenvalue weighted by atomic mass is 10.0. The fraction of sp³-hybridized carbons (Fsp3) is 0.533. The lowest BCUT2D eigenvalue weighted by Gasteiger charge is -2.08. The fourth-order valence-corrected chi connectivity index (χ4v) is 4.12. The molecule has 20 heavy (non-hydrogen) atoms. The average Bonchev–Trinajstić information content (AvgIpc) is 2.72. The van der Waals surface area contributed by atoms with Crippen LogP contribution in [-0.2, 0) is 16.4 Å². The average molecular weight is 292 g/mol. The van der Waals surface area contributed by atoms with Crippen LogP contribution in [0.25, 0.3) is 0 Å². The van der Waals surface area contributed by atoms with Gasteiger partial charge in [0.15, 0.2) is 0 Å². The highest BCUT2D eigenvalue weighted by Crippen LogP contribution is 2.62. The Hall–Kier alpha value is -1.38. The van der Waals surface area contributed by atoms with E-state index in [4.69, 9.17) is 5.26 Å². The molecule has 1 N–H and O–H groups in total. The van der Waals surface area contributed by atoms with Crippen molar-refractivity contribution < 1.29 is 8.42 Å². The van der Waals surface area contributed by atoms with Gasteiger partial charge in [0.25, 0.3) is 0 Å². The first-order valence-corrected chi connectivity index (χ1v) is 8.09. The van der Waals surface area contributed by atoms with Gasteiger partial charge in [-0.05, 0) is 28.5 Å². The van der Waals surface area contributed by atoms with Crippen LogP contribution in [-0.4, -0.2) is 14.5 Å². The van der Waals surface area contributed by atoms with E-state index in [0.29, 0.717) is 0 Å². The Morgan fingerprint density at radius 3 is 2.05 bits per heavy atom. The van der Waals surface area contributed by atoms with Crippen molar-refractivity contribution in [1.29, 1.82) is 5.26 Å². The highest BCUT2D eigenvalue weighted by Gasteiger charge is 2.65. The van der Waals surface area contributed by atoms with Gasteiger partial charge in [-0.1, -0.05) is 39.8 Å². The molecule has 0 saturated heterocycles. The van der Waals surface area contributed by atoms with Crippen molar-refractivity contribution in [2.24, 2.45) is 10.8 Å². The molecule has 4 nitrogen and oxygen atoms in total. The van der Waals surface area contributed by atoms with E-state index in [1.54, 1.807) is 24.3 Å². The summed E-state index contributed by atoms with van der Waals surface area (Å²) < 4.78 is 27.5. The van der Waals surface area contributed by atoms with Crippen LogP contribution in [0.15, 0.2) is 29.2 Å². The Kier molecular flexibility index (Phi) is 3.43. The van der Waals surface area contributed by atoms with E-state index in [0.717, 1.165) is 5.56 Å². The van der Waals surface area contributed by atoms with Gasteiger partial charge >= 0.3 is 0 Å². The maximum absolute atomic E-state index is 12.4. The maximum atomic E-state index is 12.4. The minimum atomic E-state index is -3.50. The summed E-state index contributed by atoms with van der Waals surface area (Å²) in [5.74, 6) is 0. The summed E-state index contributed by atoms with van der Waals surface area (Å²) in [5.41, 5.74) is 0.736. The number of nitrogens with one attached hydrogen (secondary N) is 1. The molecule has 0 bridgehead atoms. The molecule has 0 heterocycles. The summed E-state index contributed by atoms with van der Waals surface area (Å²) in [5, 5.41) is 8.61. The molecule has 0 spiro atoms. The smallest absolute Gasteiger partial charge is 0.207 e. The van der Waals surface area contributed by atoms with Gasteiger partial charge < -0.3 is 0 Å². The first-order valence-electron chi connectivity index (χ1n) is 6.61. The van der Waals surface area contributed by atoms with E-state index in [1.165, 1.54) is 0 Å². The van der Waals surface area contributed by atoms with E-state index in [2.05, 4.69) is 32.4 Å². The standard InChI is InChI=1S/C15H20N2O2S/c1-14(2)13(15(14,3)4)17-20(18,19)12-7-5-11(6-8-12)9-10-16/h5-8,13,17H,9H2,1-4H3. The predicted molar refractivity (Wildman–Crippen MR) is 77.4 cm³/mol. The zero-order valence-corrected chi connectivity index (χ0v) is 13.1. The second-order valence-electron chi connectivity index (χ2n) is 6.48. The molecule has 1 aromatic rings. The van der Waals surface area contributed by atoms with Crippen molar-refractivity contribution in [3.63, 3.8) is 0 Å². The molecule has 0 amide bonds. The Labute approximate surface area is 120 Å². The zero-order valence-electron chi connectivity index (χ0n) is 12.3. The Morgan fingerprint density at radius 2 is 1.65 bits per heavy atom. The third kappa shape index (κ3) is 2.34. The van der Waals surface area contributed by atoms with Crippen LogP contribution >= 0.6 is 0 Å². The SMILES string of the molecule is CC1(C)C(NS(=O)(=O)c2ccc(CC#N)cc2)C1(C)C. The minimum absolute atomic E-state index is 0.0409. The van der Waals surface area contributed by atoms with Gasteiger partial charge in [0, 0.05) is 6.04 Å². The van der Waals surface area contributed by atoms with Crippen molar-refractivity contribution >= 4 is 10.0 Å². The van der Waals surface area contributed by atoms with Gasteiger partial charge in [-0.25, -0.2) is 13.1 Å². The molecular weight excluding hydrogens is 272 g/mol. The first-order chi connectivity index (χ1) is 9.13. The monoisotopic (exact) mass is 292 g/mol. The Bertz CT molecular complexity index is 638. The van der Waals surface area contributed by atoms with E-state index < -0.39 is 10.0 Å². The lowest BCUT2D eigenvalue weighted by molar-refractivity contribution is 0.457. The van der Waals surface area contributed by atoms with Crippen LogP contribution < -0.4 is 4.72 Å². The molecule has 1 fully saturated rings. The molecule has 0 aliphatic heterocycles.